The van der Waals surface area contributed by atoms with Gasteiger partial charge in [0.25, 0.3) is 0 Å². The third-order valence-electron chi connectivity index (χ3n) is 7.32. The van der Waals surface area contributed by atoms with Gasteiger partial charge in [-0.3, -0.25) is 0 Å². The molecule has 0 radical (unpaired) electrons. The molecule has 34 heavy (non-hydrogen) atoms. The standard InChI is InChI=1S/C32H32N2/c1-32(2,3)23-12-9-13-25(20-23)34-30-17-7-6-15-27(30)28-21-24(18-19-31(28)34)33-29-16-8-11-22-10-4-5-14-26(22)29/h6-9,11-13,15-21,33H,4-5,10,14H2,1-3H3. The van der Waals surface area contributed by atoms with Gasteiger partial charge in [0.15, 0.2) is 0 Å². The highest BCUT2D eigenvalue weighted by Gasteiger charge is 2.18. The highest BCUT2D eigenvalue weighted by molar-refractivity contribution is 6.10. The summed E-state index contributed by atoms with van der Waals surface area (Å²) in [7, 11) is 0. The van der Waals surface area contributed by atoms with Crippen LogP contribution in [0.5, 0.6) is 0 Å². The number of rotatable bonds is 3. The fraction of sp³-hybridized carbons (Fsp3) is 0.250. The Morgan fingerprint density at radius 2 is 1.50 bits per heavy atom. The minimum Gasteiger partial charge on any atom is -0.355 e. The Bertz CT molecular complexity index is 1510. The van der Waals surface area contributed by atoms with Crippen molar-refractivity contribution in [1.29, 1.82) is 0 Å². The van der Waals surface area contributed by atoms with E-state index in [1.165, 1.54) is 75.6 Å². The second kappa shape index (κ2) is 8.06. The summed E-state index contributed by atoms with van der Waals surface area (Å²) in [5.74, 6) is 0. The maximum Gasteiger partial charge on any atom is 0.0542 e. The Morgan fingerprint density at radius 3 is 2.38 bits per heavy atom. The van der Waals surface area contributed by atoms with Crippen LogP contribution < -0.4 is 5.32 Å². The topological polar surface area (TPSA) is 17.0 Å². The lowest BCUT2D eigenvalue weighted by Crippen LogP contribution is -2.11. The summed E-state index contributed by atoms with van der Waals surface area (Å²) in [6.07, 6.45) is 4.96. The Balaban J connectivity index is 1.49. The molecule has 0 bridgehead atoms. The van der Waals surface area contributed by atoms with Crippen molar-refractivity contribution >= 4 is 33.2 Å². The molecular weight excluding hydrogens is 412 g/mol. The molecule has 2 heteroatoms. The molecule has 2 nitrogen and oxygen atoms in total. The molecule has 5 aromatic rings. The molecule has 0 saturated carbocycles. The molecule has 0 fully saturated rings. The average Bonchev–Trinajstić information content (AvgIpc) is 3.18. The van der Waals surface area contributed by atoms with E-state index in [0.29, 0.717) is 0 Å². The van der Waals surface area contributed by atoms with Crippen LogP contribution in [0.1, 0.15) is 50.3 Å². The summed E-state index contributed by atoms with van der Waals surface area (Å²) < 4.78 is 2.41. The monoisotopic (exact) mass is 444 g/mol. The normalized spacial score (nSPS) is 13.9. The molecule has 1 aliphatic rings. The van der Waals surface area contributed by atoms with Gasteiger partial charge in [0, 0.05) is 27.8 Å². The van der Waals surface area contributed by atoms with E-state index in [1.54, 1.807) is 0 Å². The van der Waals surface area contributed by atoms with E-state index in [-0.39, 0.29) is 5.41 Å². The molecule has 0 spiro atoms. The number of nitrogens with one attached hydrogen (secondary N) is 1. The maximum absolute atomic E-state index is 3.76. The van der Waals surface area contributed by atoms with Gasteiger partial charge < -0.3 is 9.88 Å². The molecule has 1 heterocycles. The van der Waals surface area contributed by atoms with Crippen LogP contribution in [0.4, 0.5) is 11.4 Å². The second-order valence-corrected chi connectivity index (χ2v) is 10.7. The average molecular weight is 445 g/mol. The molecule has 0 aliphatic heterocycles. The molecule has 6 rings (SSSR count). The lowest BCUT2D eigenvalue weighted by Gasteiger charge is -2.21. The number of nitrogens with zero attached hydrogens (tertiary/aromatic N) is 1. The summed E-state index contributed by atoms with van der Waals surface area (Å²) in [5.41, 5.74) is 10.6. The lowest BCUT2D eigenvalue weighted by atomic mass is 9.87. The summed E-state index contributed by atoms with van der Waals surface area (Å²) in [4.78, 5) is 0. The van der Waals surface area contributed by atoms with Crippen molar-refractivity contribution in [2.24, 2.45) is 0 Å². The van der Waals surface area contributed by atoms with Crippen molar-refractivity contribution < 1.29 is 0 Å². The van der Waals surface area contributed by atoms with Gasteiger partial charge >= 0.3 is 0 Å². The third-order valence-corrected chi connectivity index (χ3v) is 7.32. The first-order valence-corrected chi connectivity index (χ1v) is 12.5. The number of anilines is 2. The molecule has 0 unspecified atom stereocenters. The number of benzene rings is 4. The van der Waals surface area contributed by atoms with E-state index in [9.17, 15) is 0 Å². The van der Waals surface area contributed by atoms with Gasteiger partial charge in [-0.1, -0.05) is 63.2 Å². The smallest absolute Gasteiger partial charge is 0.0542 e. The molecule has 0 amide bonds. The highest BCUT2D eigenvalue weighted by Crippen LogP contribution is 2.36. The maximum atomic E-state index is 3.76. The lowest BCUT2D eigenvalue weighted by molar-refractivity contribution is 0.590. The van der Waals surface area contributed by atoms with Gasteiger partial charge in [0.05, 0.1) is 11.0 Å². The Labute approximate surface area is 202 Å². The zero-order chi connectivity index (χ0) is 23.3. The first kappa shape index (κ1) is 21.0. The van der Waals surface area contributed by atoms with Crippen LogP contribution in [0.2, 0.25) is 0 Å². The van der Waals surface area contributed by atoms with Gasteiger partial charge in [0.1, 0.15) is 0 Å². The predicted octanol–water partition coefficient (Wildman–Crippen LogP) is 8.70. The quantitative estimate of drug-likeness (QED) is 0.294. The first-order chi connectivity index (χ1) is 16.5. The summed E-state index contributed by atoms with van der Waals surface area (Å²) in [6, 6.07) is 31.3. The van der Waals surface area contributed by atoms with Gasteiger partial charge in [-0.05, 0) is 90.3 Å². The molecule has 1 aromatic heterocycles. The minimum atomic E-state index is 0.112. The largest absolute Gasteiger partial charge is 0.355 e. The van der Waals surface area contributed by atoms with Crippen molar-refractivity contribution in [2.75, 3.05) is 5.32 Å². The summed E-state index contributed by atoms with van der Waals surface area (Å²) >= 11 is 0. The molecule has 1 aliphatic carbocycles. The number of hydrogen-bond donors (Lipinski definition) is 1. The summed E-state index contributed by atoms with van der Waals surface area (Å²) in [6.45, 7) is 6.83. The first-order valence-electron chi connectivity index (χ1n) is 12.5. The van der Waals surface area contributed by atoms with E-state index in [2.05, 4.69) is 116 Å². The molecule has 4 aromatic carbocycles. The van der Waals surface area contributed by atoms with Crippen molar-refractivity contribution in [3.8, 4) is 5.69 Å². The SMILES string of the molecule is CC(C)(C)c1cccc(-n2c3ccccc3c3cc(Nc4cccc5c4CCCC5)ccc32)c1. The van der Waals surface area contributed by atoms with Crippen molar-refractivity contribution in [1.82, 2.24) is 4.57 Å². The zero-order valence-corrected chi connectivity index (χ0v) is 20.4. The Hall–Kier alpha value is -3.52. The summed E-state index contributed by atoms with van der Waals surface area (Å²) in [5, 5.41) is 6.33. The van der Waals surface area contributed by atoms with Gasteiger partial charge in [-0.15, -0.1) is 0 Å². The molecule has 170 valence electrons. The van der Waals surface area contributed by atoms with Gasteiger partial charge in [-0.25, -0.2) is 0 Å². The van der Waals surface area contributed by atoms with E-state index in [0.717, 1.165) is 5.69 Å². The van der Waals surface area contributed by atoms with Crippen LogP contribution in [0.15, 0.2) is 84.9 Å². The van der Waals surface area contributed by atoms with Crippen molar-refractivity contribution in [3.63, 3.8) is 0 Å². The fourth-order valence-corrected chi connectivity index (χ4v) is 5.49. The molecule has 0 saturated heterocycles. The zero-order valence-electron chi connectivity index (χ0n) is 20.4. The van der Waals surface area contributed by atoms with Gasteiger partial charge in [0.2, 0.25) is 0 Å². The van der Waals surface area contributed by atoms with Crippen molar-refractivity contribution in [3.05, 3.63) is 102 Å². The van der Waals surface area contributed by atoms with E-state index in [4.69, 9.17) is 0 Å². The van der Waals surface area contributed by atoms with E-state index >= 15 is 0 Å². The van der Waals surface area contributed by atoms with Crippen LogP contribution in [0.25, 0.3) is 27.5 Å². The Morgan fingerprint density at radius 1 is 0.706 bits per heavy atom. The number of aryl methyl sites for hydroxylation is 1. The van der Waals surface area contributed by atoms with Crippen LogP contribution in [-0.2, 0) is 18.3 Å². The predicted molar refractivity (Wildman–Crippen MR) is 146 cm³/mol. The molecule has 1 N–H and O–H groups in total. The number of para-hydroxylation sites is 1. The highest BCUT2D eigenvalue weighted by atomic mass is 15.0. The van der Waals surface area contributed by atoms with Crippen LogP contribution in [0, 0.1) is 0 Å². The van der Waals surface area contributed by atoms with E-state index in [1.807, 2.05) is 0 Å². The minimum absolute atomic E-state index is 0.112. The number of fused-ring (bicyclic) bond motifs is 4. The van der Waals surface area contributed by atoms with Crippen LogP contribution in [0.3, 0.4) is 0 Å². The number of aromatic nitrogens is 1. The van der Waals surface area contributed by atoms with Crippen LogP contribution in [-0.4, -0.2) is 4.57 Å². The molecular formula is C32H32N2. The second-order valence-electron chi connectivity index (χ2n) is 10.7. The number of hydrogen-bond acceptors (Lipinski definition) is 1. The third kappa shape index (κ3) is 3.58. The fourth-order valence-electron chi connectivity index (χ4n) is 5.49. The van der Waals surface area contributed by atoms with E-state index < -0.39 is 0 Å². The van der Waals surface area contributed by atoms with Crippen molar-refractivity contribution in [2.45, 2.75) is 51.9 Å². The Kier molecular flexibility index (Phi) is 4.99. The molecule has 0 atom stereocenters. The van der Waals surface area contributed by atoms with Crippen LogP contribution >= 0.6 is 0 Å². The van der Waals surface area contributed by atoms with Gasteiger partial charge in [-0.2, -0.15) is 0 Å².